The number of hydrogen-bond acceptors (Lipinski definition) is 2. The van der Waals surface area contributed by atoms with Crippen molar-refractivity contribution in [2.75, 3.05) is 0 Å². The van der Waals surface area contributed by atoms with Gasteiger partial charge in [0.15, 0.2) is 0 Å². The van der Waals surface area contributed by atoms with E-state index in [1.165, 1.54) is 3.78 Å². The fourth-order valence-electron chi connectivity index (χ4n) is 0.685. The molecule has 0 saturated heterocycles. The molecular weight excluding hydrogens is 211 g/mol. The van der Waals surface area contributed by atoms with Crippen LogP contribution in [-0.2, 0) is 0 Å². The van der Waals surface area contributed by atoms with E-state index in [0.29, 0.717) is 15.0 Å². The van der Waals surface area contributed by atoms with Crippen molar-refractivity contribution in [3.05, 3.63) is 16.5 Å². The van der Waals surface area contributed by atoms with Crippen molar-refractivity contribution in [2.24, 2.45) is 0 Å². The Kier molecular flexibility index (Phi) is 2.66. The van der Waals surface area contributed by atoms with Crippen molar-refractivity contribution in [3.8, 4) is 0 Å². The summed E-state index contributed by atoms with van der Waals surface area (Å²) < 4.78 is 1.35. The first-order chi connectivity index (χ1) is 4.77. The molecule has 0 amide bonds. The molecule has 0 aliphatic carbocycles. The van der Waals surface area contributed by atoms with Gasteiger partial charge in [-0.25, -0.2) is 0 Å². The van der Waals surface area contributed by atoms with E-state index in [4.69, 9.17) is 0 Å². The number of aryl methyl sites for hydroxylation is 1. The summed E-state index contributed by atoms with van der Waals surface area (Å²) in [6.07, 6.45) is 0.932. The number of thiophene rings is 1. The normalized spacial score (nSPS) is 9.80. The van der Waals surface area contributed by atoms with E-state index in [9.17, 15) is 4.79 Å². The zero-order chi connectivity index (χ0) is 7.56. The molecule has 1 rings (SSSR count). The summed E-state index contributed by atoms with van der Waals surface area (Å²) in [6, 6.07) is 1.99. The molecule has 0 bridgehead atoms. The maximum atomic E-state index is 10.4. The van der Waals surface area contributed by atoms with Crippen LogP contribution < -0.4 is 3.78 Å². The van der Waals surface area contributed by atoms with Crippen molar-refractivity contribution in [1.82, 2.24) is 0 Å². The molecule has 1 nitrogen and oxygen atoms in total. The molecule has 54 valence electrons. The van der Waals surface area contributed by atoms with Crippen LogP contribution in [0.1, 0.15) is 15.2 Å². The Hall–Kier alpha value is -0.111. The Balaban J connectivity index is 3.03. The first-order valence-electron chi connectivity index (χ1n) is 2.87. The number of aldehydes is 1. The van der Waals surface area contributed by atoms with Crippen molar-refractivity contribution >= 4 is 36.4 Å². The minimum absolute atomic E-state index is 0.538. The zero-order valence-electron chi connectivity index (χ0n) is 5.88. The third kappa shape index (κ3) is 1.48. The van der Waals surface area contributed by atoms with Crippen LogP contribution in [0, 0.1) is 6.92 Å². The van der Waals surface area contributed by atoms with Gasteiger partial charge in [0.2, 0.25) is 0 Å². The van der Waals surface area contributed by atoms with Crippen molar-refractivity contribution < 1.29 is 4.79 Å². The van der Waals surface area contributed by atoms with Gasteiger partial charge in [0.1, 0.15) is 0 Å². The SMILES string of the molecule is C[Se]c1cc(C=O)c(C)s1. The number of hydrogen-bond donors (Lipinski definition) is 0. The van der Waals surface area contributed by atoms with E-state index in [1.54, 1.807) is 11.3 Å². The van der Waals surface area contributed by atoms with Crippen LogP contribution in [0.3, 0.4) is 0 Å². The summed E-state index contributed by atoms with van der Waals surface area (Å²) in [5.74, 6) is 2.16. The summed E-state index contributed by atoms with van der Waals surface area (Å²) in [7, 11) is 0. The van der Waals surface area contributed by atoms with Gasteiger partial charge in [0.25, 0.3) is 0 Å². The van der Waals surface area contributed by atoms with Gasteiger partial charge in [-0.05, 0) is 0 Å². The van der Waals surface area contributed by atoms with Crippen LogP contribution in [-0.4, -0.2) is 21.2 Å². The van der Waals surface area contributed by atoms with Gasteiger partial charge in [-0.3, -0.25) is 0 Å². The second-order valence-corrected chi connectivity index (χ2v) is 5.52. The second kappa shape index (κ2) is 3.33. The molecule has 1 heterocycles. The van der Waals surface area contributed by atoms with Gasteiger partial charge < -0.3 is 0 Å². The minimum atomic E-state index is 0.538. The summed E-state index contributed by atoms with van der Waals surface area (Å²) in [6.45, 7) is 1.99. The quantitative estimate of drug-likeness (QED) is 0.540. The molecule has 0 aliphatic rings. The molecule has 1 aromatic heterocycles. The van der Waals surface area contributed by atoms with Crippen molar-refractivity contribution in [3.63, 3.8) is 0 Å². The van der Waals surface area contributed by atoms with Gasteiger partial charge >= 0.3 is 70.4 Å². The van der Waals surface area contributed by atoms with E-state index >= 15 is 0 Å². The fraction of sp³-hybridized carbons (Fsp3) is 0.286. The van der Waals surface area contributed by atoms with Crippen molar-refractivity contribution in [2.45, 2.75) is 12.7 Å². The van der Waals surface area contributed by atoms with Gasteiger partial charge in [-0.15, -0.1) is 0 Å². The Morgan fingerprint density at radius 2 is 2.40 bits per heavy atom. The van der Waals surface area contributed by atoms with Crippen molar-refractivity contribution in [1.29, 1.82) is 0 Å². The number of rotatable bonds is 2. The Morgan fingerprint density at radius 1 is 1.70 bits per heavy atom. The van der Waals surface area contributed by atoms with E-state index in [1.807, 2.05) is 13.0 Å². The van der Waals surface area contributed by atoms with Gasteiger partial charge in [-0.1, -0.05) is 0 Å². The Morgan fingerprint density at radius 3 is 2.70 bits per heavy atom. The van der Waals surface area contributed by atoms with Crippen LogP contribution in [0.25, 0.3) is 0 Å². The van der Waals surface area contributed by atoms with Crippen LogP contribution in [0.4, 0.5) is 0 Å². The van der Waals surface area contributed by atoms with Crippen LogP contribution in [0.15, 0.2) is 6.07 Å². The third-order valence-corrected chi connectivity index (χ3v) is 4.60. The zero-order valence-corrected chi connectivity index (χ0v) is 8.41. The van der Waals surface area contributed by atoms with Crippen LogP contribution >= 0.6 is 11.3 Å². The maximum absolute atomic E-state index is 10.4. The molecule has 0 N–H and O–H groups in total. The molecule has 0 aliphatic heterocycles. The average Bonchev–Trinajstić information content (AvgIpc) is 2.30. The molecule has 3 heteroatoms. The Labute approximate surface area is 70.6 Å². The molecule has 0 radical (unpaired) electrons. The van der Waals surface area contributed by atoms with E-state index in [-0.39, 0.29) is 0 Å². The monoisotopic (exact) mass is 220 g/mol. The van der Waals surface area contributed by atoms with Gasteiger partial charge in [0, 0.05) is 0 Å². The predicted octanol–water partition coefficient (Wildman–Crippen LogP) is 1.25. The number of carbonyl (C=O) groups excluding carboxylic acids is 1. The van der Waals surface area contributed by atoms with Gasteiger partial charge in [0.05, 0.1) is 0 Å². The second-order valence-electron chi connectivity index (χ2n) is 1.90. The summed E-state index contributed by atoms with van der Waals surface area (Å²) in [4.78, 5) is 11.5. The van der Waals surface area contributed by atoms with E-state index < -0.39 is 0 Å². The molecule has 0 atom stereocenters. The molecule has 10 heavy (non-hydrogen) atoms. The molecular formula is C7H8OSSe. The summed E-state index contributed by atoms with van der Waals surface area (Å²) >= 11 is 2.27. The standard InChI is InChI=1S/C7H8OSSe/c1-5-6(4-8)3-7(9-5)10-2/h3-4H,1-2H3. The molecule has 0 saturated carbocycles. The molecule has 0 spiro atoms. The number of carbonyl (C=O) groups is 1. The van der Waals surface area contributed by atoms with E-state index in [0.717, 1.165) is 16.7 Å². The first kappa shape index (κ1) is 7.99. The molecule has 0 aromatic carbocycles. The molecule has 0 fully saturated rings. The van der Waals surface area contributed by atoms with Crippen LogP contribution in [0.5, 0.6) is 0 Å². The predicted molar refractivity (Wildman–Crippen MR) is 45.7 cm³/mol. The van der Waals surface area contributed by atoms with E-state index in [2.05, 4.69) is 5.82 Å². The average molecular weight is 219 g/mol. The van der Waals surface area contributed by atoms with Crippen LogP contribution in [0.2, 0.25) is 5.82 Å². The first-order valence-corrected chi connectivity index (χ1v) is 6.26. The topological polar surface area (TPSA) is 17.1 Å². The summed E-state index contributed by atoms with van der Waals surface area (Å²) in [5, 5.41) is 0. The fourth-order valence-corrected chi connectivity index (χ4v) is 3.31. The summed E-state index contributed by atoms with van der Waals surface area (Å²) in [5.41, 5.74) is 0.865. The molecule has 0 unspecified atom stereocenters. The Bertz CT molecular complexity index is 242. The molecule has 1 aromatic rings. The third-order valence-electron chi connectivity index (χ3n) is 1.26. The van der Waals surface area contributed by atoms with Gasteiger partial charge in [-0.2, -0.15) is 0 Å².